The third-order valence-corrected chi connectivity index (χ3v) is 6.53. The van der Waals surface area contributed by atoms with Crippen LogP contribution >= 0.6 is 0 Å². The molecule has 2 aromatic carbocycles. The summed E-state index contributed by atoms with van der Waals surface area (Å²) in [5.74, 6) is 1.20. The first kappa shape index (κ1) is 19.8. The highest BCUT2D eigenvalue weighted by Crippen LogP contribution is 2.30. The van der Waals surface area contributed by atoms with E-state index in [4.69, 9.17) is 4.98 Å². The van der Waals surface area contributed by atoms with Crippen molar-refractivity contribution in [3.8, 4) is 0 Å². The highest BCUT2D eigenvalue weighted by Gasteiger charge is 2.34. The number of nitrogens with zero attached hydrogens (tertiary/aromatic N) is 4. The van der Waals surface area contributed by atoms with Crippen LogP contribution in [0, 0.1) is 0 Å². The van der Waals surface area contributed by atoms with Crippen LogP contribution in [-0.4, -0.2) is 57.3 Å². The Balaban J connectivity index is 1.36. The van der Waals surface area contributed by atoms with Gasteiger partial charge in [-0.05, 0) is 37.0 Å². The number of amides is 2. The quantitative estimate of drug-likeness (QED) is 0.620. The van der Waals surface area contributed by atoms with Crippen LogP contribution in [0.3, 0.4) is 0 Å². The van der Waals surface area contributed by atoms with Crippen molar-refractivity contribution in [1.82, 2.24) is 19.4 Å². The molecule has 160 valence electrons. The Labute approximate surface area is 182 Å². The van der Waals surface area contributed by atoms with Gasteiger partial charge in [0.1, 0.15) is 12.4 Å². The first-order valence-electron chi connectivity index (χ1n) is 11.2. The van der Waals surface area contributed by atoms with Crippen molar-refractivity contribution < 1.29 is 9.59 Å². The van der Waals surface area contributed by atoms with Crippen molar-refractivity contribution in [1.29, 1.82) is 0 Å². The molecule has 0 saturated carbocycles. The Morgan fingerprint density at radius 2 is 1.74 bits per heavy atom. The molecule has 1 atom stereocenters. The summed E-state index contributed by atoms with van der Waals surface area (Å²) in [5, 5.41) is 0. The Morgan fingerprint density at radius 3 is 2.55 bits per heavy atom. The molecule has 31 heavy (non-hydrogen) atoms. The molecule has 3 heterocycles. The maximum absolute atomic E-state index is 12.9. The summed E-state index contributed by atoms with van der Waals surface area (Å²) in [5.41, 5.74) is 3.10. The second-order valence-corrected chi connectivity index (χ2v) is 8.61. The summed E-state index contributed by atoms with van der Waals surface area (Å²) in [6.07, 6.45) is 3.47. The number of para-hydroxylation sites is 2. The van der Waals surface area contributed by atoms with Gasteiger partial charge in [-0.1, -0.05) is 42.5 Å². The number of aromatic nitrogens is 2. The lowest BCUT2D eigenvalue weighted by Gasteiger charge is -2.19. The molecule has 2 aliphatic heterocycles. The van der Waals surface area contributed by atoms with Gasteiger partial charge in [-0.15, -0.1) is 0 Å². The van der Waals surface area contributed by atoms with Crippen LogP contribution in [0.25, 0.3) is 11.0 Å². The summed E-state index contributed by atoms with van der Waals surface area (Å²) in [7, 11) is 0. The molecule has 0 N–H and O–H groups in total. The minimum Gasteiger partial charge on any atom is -0.342 e. The Hall–Kier alpha value is -3.15. The predicted molar refractivity (Wildman–Crippen MR) is 120 cm³/mol. The molecule has 0 radical (unpaired) electrons. The number of hydrogen-bond donors (Lipinski definition) is 0. The van der Waals surface area contributed by atoms with Gasteiger partial charge >= 0.3 is 0 Å². The van der Waals surface area contributed by atoms with Crippen molar-refractivity contribution >= 4 is 22.8 Å². The number of benzene rings is 2. The topological polar surface area (TPSA) is 58.4 Å². The molecule has 0 spiro atoms. The Bertz CT molecular complexity index is 1090. The van der Waals surface area contributed by atoms with Gasteiger partial charge < -0.3 is 14.4 Å². The largest absolute Gasteiger partial charge is 0.342 e. The minimum atomic E-state index is 0.0158. The molecular formula is C25H28N4O2. The monoisotopic (exact) mass is 416 g/mol. The fraction of sp³-hybridized carbons (Fsp3) is 0.400. The van der Waals surface area contributed by atoms with Crippen LogP contribution in [0.1, 0.15) is 36.6 Å². The summed E-state index contributed by atoms with van der Waals surface area (Å²) >= 11 is 0. The second kappa shape index (κ2) is 8.53. The lowest BCUT2D eigenvalue weighted by atomic mass is 10.1. The standard InChI is InChI=1S/C25H28N4O2/c30-23-16-20(17-28(23)15-12-19-8-2-1-3-9-19)25-26-21-10-4-5-11-22(21)29(25)18-24(31)27-13-6-7-14-27/h1-5,8-11,20H,6-7,12-18H2. The molecule has 2 fully saturated rings. The molecule has 0 aliphatic carbocycles. The second-order valence-electron chi connectivity index (χ2n) is 8.61. The van der Waals surface area contributed by atoms with E-state index in [9.17, 15) is 9.59 Å². The predicted octanol–water partition coefficient (Wildman–Crippen LogP) is 3.22. The van der Waals surface area contributed by atoms with Crippen LogP contribution in [0.4, 0.5) is 0 Å². The van der Waals surface area contributed by atoms with E-state index in [0.717, 1.165) is 49.2 Å². The van der Waals surface area contributed by atoms with Gasteiger partial charge in [0, 0.05) is 38.5 Å². The van der Waals surface area contributed by atoms with Gasteiger partial charge in [-0.3, -0.25) is 9.59 Å². The molecule has 0 bridgehead atoms. The van der Waals surface area contributed by atoms with Crippen LogP contribution in [0.5, 0.6) is 0 Å². The maximum atomic E-state index is 12.9. The number of carbonyl (C=O) groups excluding carboxylic acids is 2. The molecule has 2 amide bonds. The number of rotatable bonds is 6. The normalized spacial score (nSPS) is 19.0. The van der Waals surface area contributed by atoms with Gasteiger partial charge in [0.2, 0.25) is 11.8 Å². The molecule has 5 rings (SSSR count). The number of hydrogen-bond acceptors (Lipinski definition) is 3. The molecule has 6 heteroatoms. The molecule has 2 aliphatic rings. The van der Waals surface area contributed by atoms with Crippen molar-refractivity contribution in [2.24, 2.45) is 0 Å². The van der Waals surface area contributed by atoms with E-state index in [0.29, 0.717) is 26.1 Å². The smallest absolute Gasteiger partial charge is 0.242 e. The van der Waals surface area contributed by atoms with E-state index in [1.54, 1.807) is 0 Å². The average Bonchev–Trinajstić information content (AvgIpc) is 3.53. The van der Waals surface area contributed by atoms with E-state index in [1.807, 2.05) is 52.3 Å². The third kappa shape index (κ3) is 4.07. The van der Waals surface area contributed by atoms with E-state index in [1.165, 1.54) is 5.56 Å². The van der Waals surface area contributed by atoms with Crippen LogP contribution in [-0.2, 0) is 22.6 Å². The lowest BCUT2D eigenvalue weighted by molar-refractivity contribution is -0.130. The van der Waals surface area contributed by atoms with Crippen molar-refractivity contribution in [3.63, 3.8) is 0 Å². The van der Waals surface area contributed by atoms with Gasteiger partial charge in [0.25, 0.3) is 0 Å². The zero-order valence-electron chi connectivity index (χ0n) is 17.7. The minimum absolute atomic E-state index is 0.0158. The van der Waals surface area contributed by atoms with Gasteiger partial charge in [-0.25, -0.2) is 4.98 Å². The number of imidazole rings is 1. The summed E-state index contributed by atoms with van der Waals surface area (Å²) < 4.78 is 2.05. The van der Waals surface area contributed by atoms with E-state index in [-0.39, 0.29) is 17.7 Å². The summed E-state index contributed by atoms with van der Waals surface area (Å²) in [4.78, 5) is 34.4. The van der Waals surface area contributed by atoms with E-state index < -0.39 is 0 Å². The first-order valence-corrected chi connectivity index (χ1v) is 11.2. The van der Waals surface area contributed by atoms with Crippen LogP contribution in [0.15, 0.2) is 54.6 Å². The molecule has 3 aromatic rings. The first-order chi connectivity index (χ1) is 15.2. The zero-order valence-corrected chi connectivity index (χ0v) is 17.7. The fourth-order valence-electron chi connectivity index (χ4n) is 4.84. The molecule has 1 aromatic heterocycles. The summed E-state index contributed by atoms with van der Waals surface area (Å²) in [6, 6.07) is 18.2. The molecular weight excluding hydrogens is 388 g/mol. The maximum Gasteiger partial charge on any atom is 0.242 e. The summed E-state index contributed by atoms with van der Waals surface area (Å²) in [6.45, 7) is 3.36. The van der Waals surface area contributed by atoms with Gasteiger partial charge in [0.05, 0.1) is 11.0 Å². The van der Waals surface area contributed by atoms with Crippen molar-refractivity contribution in [2.45, 2.75) is 38.1 Å². The highest BCUT2D eigenvalue weighted by molar-refractivity contribution is 5.83. The van der Waals surface area contributed by atoms with Crippen molar-refractivity contribution in [3.05, 3.63) is 66.0 Å². The Kier molecular flexibility index (Phi) is 5.45. The molecule has 2 saturated heterocycles. The average molecular weight is 417 g/mol. The van der Waals surface area contributed by atoms with Crippen molar-refractivity contribution in [2.75, 3.05) is 26.2 Å². The highest BCUT2D eigenvalue weighted by atomic mass is 16.2. The van der Waals surface area contributed by atoms with Gasteiger partial charge in [-0.2, -0.15) is 0 Å². The lowest BCUT2D eigenvalue weighted by Crippen LogP contribution is -2.32. The number of carbonyl (C=O) groups is 2. The molecule has 1 unspecified atom stereocenters. The fourth-order valence-corrected chi connectivity index (χ4v) is 4.84. The van der Waals surface area contributed by atoms with E-state index in [2.05, 4.69) is 16.7 Å². The van der Waals surface area contributed by atoms with Gasteiger partial charge in [0.15, 0.2) is 0 Å². The van der Waals surface area contributed by atoms with E-state index >= 15 is 0 Å². The third-order valence-electron chi connectivity index (χ3n) is 6.53. The Morgan fingerprint density at radius 1 is 1.00 bits per heavy atom. The SMILES string of the molecule is O=C(Cn1c(C2CC(=O)N(CCc3ccccc3)C2)nc2ccccc21)N1CCCC1. The number of likely N-dealkylation sites (tertiary alicyclic amines) is 2. The number of fused-ring (bicyclic) bond motifs is 1. The van der Waals surface area contributed by atoms with Crippen LogP contribution in [0.2, 0.25) is 0 Å². The molecule has 6 nitrogen and oxygen atoms in total. The van der Waals surface area contributed by atoms with Crippen LogP contribution < -0.4 is 0 Å². The zero-order chi connectivity index (χ0) is 21.2.